The number of hydrogen-bond acceptors (Lipinski definition) is 1. The average Bonchev–Trinajstić information content (AvgIpc) is 2.76. The van der Waals surface area contributed by atoms with Gasteiger partial charge in [-0.1, -0.05) is 43.7 Å². The molecule has 1 heterocycles. The number of carbonyl (C=O) groups excluding carboxylic acids is 1. The van der Waals surface area contributed by atoms with Crippen molar-refractivity contribution in [1.82, 2.24) is 4.90 Å². The van der Waals surface area contributed by atoms with E-state index >= 15 is 0 Å². The van der Waals surface area contributed by atoms with Crippen LogP contribution in [0.3, 0.4) is 0 Å². The fourth-order valence-electron chi connectivity index (χ4n) is 2.59. The van der Waals surface area contributed by atoms with E-state index < -0.39 is 0 Å². The maximum absolute atomic E-state index is 12.1. The zero-order valence-corrected chi connectivity index (χ0v) is 10.9. The van der Waals surface area contributed by atoms with Crippen LogP contribution >= 0.6 is 0 Å². The summed E-state index contributed by atoms with van der Waals surface area (Å²) in [7, 11) is 0. The molecule has 2 nitrogen and oxygen atoms in total. The van der Waals surface area contributed by atoms with E-state index in [1.807, 2.05) is 13.8 Å². The first-order chi connectivity index (χ1) is 8.09. The number of aryl methyl sites for hydroxylation is 1. The molecule has 1 aromatic rings. The fourth-order valence-corrected chi connectivity index (χ4v) is 2.59. The Bertz CT molecular complexity index is 411. The number of hydrogen-bond donors (Lipinski definition) is 0. The van der Waals surface area contributed by atoms with Crippen LogP contribution in [0, 0.1) is 12.8 Å². The third-order valence-electron chi connectivity index (χ3n) is 3.46. The number of nitrogens with zero attached hydrogens (tertiary/aromatic N) is 1. The molecule has 0 aliphatic carbocycles. The van der Waals surface area contributed by atoms with Gasteiger partial charge in [0.2, 0.25) is 5.91 Å². The van der Waals surface area contributed by atoms with E-state index in [1.165, 1.54) is 11.1 Å². The third-order valence-corrected chi connectivity index (χ3v) is 3.46. The molecule has 0 radical (unpaired) electrons. The van der Waals surface area contributed by atoms with Gasteiger partial charge in [-0.15, -0.1) is 0 Å². The Morgan fingerprint density at radius 3 is 2.82 bits per heavy atom. The smallest absolute Gasteiger partial charge is 0.225 e. The Balaban J connectivity index is 2.23. The first kappa shape index (κ1) is 12.2. The summed E-state index contributed by atoms with van der Waals surface area (Å²) in [6, 6.07) is 8.83. The summed E-state index contributed by atoms with van der Waals surface area (Å²) in [5, 5.41) is 0. The molecule has 1 saturated heterocycles. The van der Waals surface area contributed by atoms with Crippen LogP contribution < -0.4 is 0 Å². The van der Waals surface area contributed by atoms with Gasteiger partial charge in [0.15, 0.2) is 0 Å². The van der Waals surface area contributed by atoms with Gasteiger partial charge in [0.1, 0.15) is 0 Å². The molecule has 0 spiro atoms. The Kier molecular flexibility index (Phi) is 3.51. The van der Waals surface area contributed by atoms with Crippen molar-refractivity contribution in [1.29, 1.82) is 0 Å². The fraction of sp³-hybridized carbons (Fsp3) is 0.533. The molecule has 0 unspecified atom stereocenters. The molecule has 1 aliphatic heterocycles. The van der Waals surface area contributed by atoms with Gasteiger partial charge in [-0.25, -0.2) is 0 Å². The van der Waals surface area contributed by atoms with Gasteiger partial charge in [-0.05, 0) is 25.3 Å². The Morgan fingerprint density at radius 1 is 1.41 bits per heavy atom. The minimum Gasteiger partial charge on any atom is -0.335 e. The van der Waals surface area contributed by atoms with E-state index in [9.17, 15) is 4.79 Å². The summed E-state index contributed by atoms with van der Waals surface area (Å²) in [5.41, 5.74) is 2.56. The number of benzene rings is 1. The van der Waals surface area contributed by atoms with Crippen LogP contribution in [0.5, 0.6) is 0 Å². The highest BCUT2D eigenvalue weighted by Crippen LogP contribution is 2.33. The van der Waals surface area contributed by atoms with Crippen LogP contribution in [-0.2, 0) is 4.79 Å². The van der Waals surface area contributed by atoms with Crippen LogP contribution in [-0.4, -0.2) is 17.4 Å². The molecular weight excluding hydrogens is 210 g/mol. The number of rotatable bonds is 2. The number of carbonyl (C=O) groups is 1. The van der Waals surface area contributed by atoms with Crippen LogP contribution in [0.2, 0.25) is 0 Å². The zero-order valence-electron chi connectivity index (χ0n) is 10.9. The van der Waals surface area contributed by atoms with E-state index in [0.29, 0.717) is 6.04 Å². The molecule has 1 atom stereocenters. The van der Waals surface area contributed by atoms with Gasteiger partial charge >= 0.3 is 0 Å². The zero-order chi connectivity index (χ0) is 12.4. The lowest BCUT2D eigenvalue weighted by molar-refractivity contribution is -0.135. The highest BCUT2D eigenvalue weighted by molar-refractivity contribution is 5.78. The largest absolute Gasteiger partial charge is 0.335 e. The van der Waals surface area contributed by atoms with E-state index in [-0.39, 0.29) is 11.8 Å². The van der Waals surface area contributed by atoms with Crippen molar-refractivity contribution in [3.8, 4) is 0 Å². The second-order valence-electron chi connectivity index (χ2n) is 5.26. The highest BCUT2D eigenvalue weighted by atomic mass is 16.2. The lowest BCUT2D eigenvalue weighted by atomic mass is 10.0. The molecule has 1 aliphatic rings. The molecule has 0 bridgehead atoms. The van der Waals surface area contributed by atoms with Crippen molar-refractivity contribution in [2.75, 3.05) is 6.54 Å². The Labute approximate surface area is 104 Å². The van der Waals surface area contributed by atoms with Gasteiger partial charge in [-0.3, -0.25) is 4.79 Å². The Morgan fingerprint density at radius 2 is 2.18 bits per heavy atom. The minimum atomic E-state index is 0.0976. The standard InChI is InChI=1S/C15H21NO/c1-11(2)15(17)16-9-5-8-14(16)13-7-4-6-12(3)10-13/h4,6-7,10-11,14H,5,8-9H2,1-3H3/t14-/m1/s1. The maximum atomic E-state index is 12.1. The van der Waals surface area contributed by atoms with E-state index in [1.54, 1.807) is 0 Å². The van der Waals surface area contributed by atoms with E-state index in [0.717, 1.165) is 19.4 Å². The van der Waals surface area contributed by atoms with Gasteiger partial charge in [0.05, 0.1) is 6.04 Å². The monoisotopic (exact) mass is 231 g/mol. The van der Waals surface area contributed by atoms with E-state index in [2.05, 4.69) is 36.1 Å². The lowest BCUT2D eigenvalue weighted by Gasteiger charge is -2.27. The van der Waals surface area contributed by atoms with Crippen molar-refractivity contribution in [2.24, 2.45) is 5.92 Å². The highest BCUT2D eigenvalue weighted by Gasteiger charge is 2.30. The van der Waals surface area contributed by atoms with Gasteiger partial charge < -0.3 is 4.90 Å². The first-order valence-corrected chi connectivity index (χ1v) is 6.46. The molecule has 2 rings (SSSR count). The summed E-state index contributed by atoms with van der Waals surface area (Å²) < 4.78 is 0. The van der Waals surface area contributed by atoms with Crippen molar-refractivity contribution in [3.05, 3.63) is 35.4 Å². The molecule has 0 saturated carbocycles. The maximum Gasteiger partial charge on any atom is 0.225 e. The van der Waals surface area contributed by atoms with Crippen molar-refractivity contribution in [2.45, 2.75) is 39.7 Å². The summed E-state index contributed by atoms with van der Waals surface area (Å²) in [4.78, 5) is 14.2. The molecule has 0 N–H and O–H groups in total. The summed E-state index contributed by atoms with van der Waals surface area (Å²) in [5.74, 6) is 0.384. The van der Waals surface area contributed by atoms with Gasteiger partial charge in [-0.2, -0.15) is 0 Å². The molecule has 1 aromatic carbocycles. The normalized spacial score (nSPS) is 20.0. The predicted molar refractivity (Wildman–Crippen MR) is 69.7 cm³/mol. The first-order valence-electron chi connectivity index (χ1n) is 6.46. The van der Waals surface area contributed by atoms with E-state index in [4.69, 9.17) is 0 Å². The van der Waals surface area contributed by atoms with Crippen molar-refractivity contribution < 1.29 is 4.79 Å². The summed E-state index contributed by atoms with van der Waals surface area (Å²) in [6.07, 6.45) is 2.22. The minimum absolute atomic E-state index is 0.0976. The summed E-state index contributed by atoms with van der Waals surface area (Å²) in [6.45, 7) is 6.98. The molecule has 17 heavy (non-hydrogen) atoms. The molecule has 92 valence electrons. The van der Waals surface area contributed by atoms with Gasteiger partial charge in [0.25, 0.3) is 0 Å². The molecular formula is C15H21NO. The lowest BCUT2D eigenvalue weighted by Crippen LogP contribution is -2.33. The SMILES string of the molecule is Cc1cccc([C@H]2CCCN2C(=O)C(C)C)c1. The van der Waals surface area contributed by atoms with Crippen LogP contribution in [0.25, 0.3) is 0 Å². The molecule has 1 fully saturated rings. The van der Waals surface area contributed by atoms with Crippen molar-refractivity contribution >= 4 is 5.91 Å². The third kappa shape index (κ3) is 2.51. The number of amides is 1. The quantitative estimate of drug-likeness (QED) is 0.764. The molecule has 0 aromatic heterocycles. The Hall–Kier alpha value is -1.31. The van der Waals surface area contributed by atoms with Crippen molar-refractivity contribution in [3.63, 3.8) is 0 Å². The van der Waals surface area contributed by atoms with Gasteiger partial charge in [0, 0.05) is 12.5 Å². The van der Waals surface area contributed by atoms with Crippen LogP contribution in [0.4, 0.5) is 0 Å². The second kappa shape index (κ2) is 4.91. The second-order valence-corrected chi connectivity index (χ2v) is 5.26. The molecule has 1 amide bonds. The van der Waals surface area contributed by atoms with Crippen LogP contribution in [0.15, 0.2) is 24.3 Å². The molecule has 2 heteroatoms. The predicted octanol–water partition coefficient (Wildman–Crippen LogP) is 3.31. The summed E-state index contributed by atoms with van der Waals surface area (Å²) >= 11 is 0. The van der Waals surface area contributed by atoms with Crippen LogP contribution in [0.1, 0.15) is 43.9 Å². The number of likely N-dealkylation sites (tertiary alicyclic amines) is 1. The average molecular weight is 231 g/mol. The topological polar surface area (TPSA) is 20.3 Å².